The summed E-state index contributed by atoms with van der Waals surface area (Å²) in [5.41, 5.74) is 8.06. The predicted molar refractivity (Wildman–Crippen MR) is 63.3 cm³/mol. The van der Waals surface area contributed by atoms with Gasteiger partial charge in [-0.05, 0) is 52.1 Å². The average Bonchev–Trinajstić information content (AvgIpc) is 2.84. The molecule has 0 spiro atoms. The maximum absolute atomic E-state index is 5.76. The third kappa shape index (κ3) is 2.28. The van der Waals surface area contributed by atoms with E-state index in [1.807, 2.05) is 13.8 Å². The summed E-state index contributed by atoms with van der Waals surface area (Å²) in [7, 11) is 0. The van der Waals surface area contributed by atoms with E-state index in [0.717, 1.165) is 37.4 Å². The van der Waals surface area contributed by atoms with E-state index >= 15 is 0 Å². The number of rotatable bonds is 4. The van der Waals surface area contributed by atoms with E-state index in [2.05, 4.69) is 10.5 Å². The topological polar surface area (TPSA) is 64.1 Å². The number of hydrogen-bond acceptors (Lipinski definition) is 4. The van der Waals surface area contributed by atoms with Crippen LogP contribution in [-0.4, -0.2) is 24.3 Å². The van der Waals surface area contributed by atoms with E-state index in [-0.39, 0.29) is 0 Å². The number of nitrogens with zero attached hydrogens (tertiary/aromatic N) is 1. The first-order valence-corrected chi connectivity index (χ1v) is 6.07. The minimum Gasteiger partial charge on any atom is -0.361 e. The van der Waals surface area contributed by atoms with Crippen molar-refractivity contribution in [2.45, 2.75) is 39.2 Å². The van der Waals surface area contributed by atoms with Gasteiger partial charge in [0.2, 0.25) is 0 Å². The first kappa shape index (κ1) is 11.6. The van der Waals surface area contributed by atoms with Crippen molar-refractivity contribution < 1.29 is 4.52 Å². The second-order valence-corrected chi connectivity index (χ2v) is 4.69. The molecule has 2 atom stereocenters. The molecule has 0 radical (unpaired) electrons. The average molecular weight is 223 g/mol. The highest BCUT2D eigenvalue weighted by atomic mass is 16.5. The molecule has 0 aliphatic carbocycles. The van der Waals surface area contributed by atoms with Crippen LogP contribution in [0.3, 0.4) is 0 Å². The Balaban J connectivity index is 1.92. The molecule has 2 heterocycles. The van der Waals surface area contributed by atoms with Gasteiger partial charge in [0.25, 0.3) is 0 Å². The van der Waals surface area contributed by atoms with Crippen LogP contribution in [0, 0.1) is 19.8 Å². The summed E-state index contributed by atoms with van der Waals surface area (Å²) in [6, 6.07) is 0.568. The zero-order chi connectivity index (χ0) is 11.5. The van der Waals surface area contributed by atoms with Crippen molar-refractivity contribution in [3.8, 4) is 0 Å². The predicted octanol–water partition coefficient (Wildman–Crippen LogP) is 1.16. The summed E-state index contributed by atoms with van der Waals surface area (Å²) in [6.45, 7) is 5.89. The normalized spacial score (nSPS) is 25.2. The summed E-state index contributed by atoms with van der Waals surface area (Å²) in [5.74, 6) is 1.60. The lowest BCUT2D eigenvalue weighted by molar-refractivity contribution is 0.390. The minimum atomic E-state index is 0.568. The molecule has 0 saturated carbocycles. The Labute approximate surface area is 96.6 Å². The molecule has 90 valence electrons. The minimum absolute atomic E-state index is 0.568. The van der Waals surface area contributed by atoms with Crippen LogP contribution in [0.4, 0.5) is 0 Å². The molecule has 4 nitrogen and oxygen atoms in total. The molecule has 2 unspecified atom stereocenters. The van der Waals surface area contributed by atoms with Gasteiger partial charge in [0, 0.05) is 11.6 Å². The summed E-state index contributed by atoms with van der Waals surface area (Å²) in [5, 5.41) is 7.51. The van der Waals surface area contributed by atoms with Gasteiger partial charge in [0.1, 0.15) is 5.76 Å². The van der Waals surface area contributed by atoms with Crippen LogP contribution in [0.25, 0.3) is 0 Å². The first-order chi connectivity index (χ1) is 7.72. The third-order valence-corrected chi connectivity index (χ3v) is 3.68. The van der Waals surface area contributed by atoms with Crippen molar-refractivity contribution in [1.29, 1.82) is 0 Å². The Kier molecular flexibility index (Phi) is 3.61. The molecule has 0 bridgehead atoms. The van der Waals surface area contributed by atoms with Crippen LogP contribution in [0.2, 0.25) is 0 Å². The van der Waals surface area contributed by atoms with Gasteiger partial charge in [-0.2, -0.15) is 0 Å². The van der Waals surface area contributed by atoms with Crippen molar-refractivity contribution in [3.05, 3.63) is 17.0 Å². The molecule has 1 aliphatic heterocycles. The van der Waals surface area contributed by atoms with Gasteiger partial charge in [0.05, 0.1) is 5.69 Å². The second kappa shape index (κ2) is 4.97. The van der Waals surface area contributed by atoms with Gasteiger partial charge in [-0.15, -0.1) is 0 Å². The van der Waals surface area contributed by atoms with E-state index < -0.39 is 0 Å². The Morgan fingerprint density at radius 2 is 2.31 bits per heavy atom. The molecule has 1 aliphatic rings. The van der Waals surface area contributed by atoms with Crippen molar-refractivity contribution in [2.24, 2.45) is 11.7 Å². The molecule has 1 aromatic heterocycles. The fourth-order valence-corrected chi connectivity index (χ4v) is 2.60. The summed E-state index contributed by atoms with van der Waals surface area (Å²) < 4.78 is 5.17. The zero-order valence-corrected chi connectivity index (χ0v) is 10.1. The fourth-order valence-electron chi connectivity index (χ4n) is 2.60. The molecular weight excluding hydrogens is 202 g/mol. The molecule has 0 amide bonds. The van der Waals surface area contributed by atoms with Crippen LogP contribution in [0.1, 0.15) is 29.9 Å². The molecule has 1 fully saturated rings. The largest absolute Gasteiger partial charge is 0.361 e. The van der Waals surface area contributed by atoms with E-state index in [9.17, 15) is 0 Å². The zero-order valence-electron chi connectivity index (χ0n) is 10.1. The lowest BCUT2D eigenvalue weighted by Crippen LogP contribution is -2.31. The highest BCUT2D eigenvalue weighted by Crippen LogP contribution is 2.21. The molecule has 3 N–H and O–H groups in total. The lowest BCUT2D eigenvalue weighted by atomic mass is 9.95. The maximum Gasteiger partial charge on any atom is 0.137 e. The number of nitrogens with two attached hydrogens (primary N) is 1. The van der Waals surface area contributed by atoms with Crippen LogP contribution < -0.4 is 11.1 Å². The van der Waals surface area contributed by atoms with Gasteiger partial charge >= 0.3 is 0 Å². The molecule has 1 aromatic rings. The highest BCUT2D eigenvalue weighted by molar-refractivity contribution is 5.21. The first-order valence-electron chi connectivity index (χ1n) is 6.07. The van der Waals surface area contributed by atoms with Crippen molar-refractivity contribution in [2.75, 3.05) is 13.1 Å². The molecular formula is C12H21N3O. The number of aryl methyl sites for hydroxylation is 2. The van der Waals surface area contributed by atoms with Crippen LogP contribution >= 0.6 is 0 Å². The van der Waals surface area contributed by atoms with Crippen molar-refractivity contribution in [1.82, 2.24) is 10.5 Å². The summed E-state index contributed by atoms with van der Waals surface area (Å²) >= 11 is 0. The fraction of sp³-hybridized carbons (Fsp3) is 0.750. The van der Waals surface area contributed by atoms with E-state index in [0.29, 0.717) is 12.0 Å². The number of hydrogen-bond donors (Lipinski definition) is 2. The van der Waals surface area contributed by atoms with Crippen LogP contribution in [0.15, 0.2) is 4.52 Å². The molecule has 1 saturated heterocycles. The lowest BCUT2D eigenvalue weighted by Gasteiger charge is -2.17. The molecule has 16 heavy (non-hydrogen) atoms. The van der Waals surface area contributed by atoms with E-state index in [4.69, 9.17) is 10.3 Å². The summed E-state index contributed by atoms with van der Waals surface area (Å²) in [4.78, 5) is 0. The number of aromatic nitrogens is 1. The van der Waals surface area contributed by atoms with Crippen molar-refractivity contribution >= 4 is 0 Å². The quantitative estimate of drug-likeness (QED) is 0.804. The van der Waals surface area contributed by atoms with Gasteiger partial charge in [0.15, 0.2) is 0 Å². The van der Waals surface area contributed by atoms with E-state index in [1.54, 1.807) is 0 Å². The molecule has 4 heteroatoms. The van der Waals surface area contributed by atoms with Gasteiger partial charge in [-0.3, -0.25) is 0 Å². The second-order valence-electron chi connectivity index (χ2n) is 4.69. The van der Waals surface area contributed by atoms with Crippen molar-refractivity contribution in [3.63, 3.8) is 0 Å². The molecule has 0 aromatic carbocycles. The standard InChI is InChI=1S/C12H21N3O/c1-8-11(9(2)16-15-8)3-4-12-10(7-13)5-6-14-12/h10,12,14H,3-7,13H2,1-2H3. The Bertz CT molecular complexity index is 329. The maximum atomic E-state index is 5.76. The molecule has 2 rings (SSSR count). The van der Waals surface area contributed by atoms with Gasteiger partial charge < -0.3 is 15.6 Å². The monoisotopic (exact) mass is 223 g/mol. The van der Waals surface area contributed by atoms with Gasteiger partial charge in [-0.1, -0.05) is 5.16 Å². The highest BCUT2D eigenvalue weighted by Gasteiger charge is 2.25. The Hall–Kier alpha value is -0.870. The van der Waals surface area contributed by atoms with Crippen LogP contribution in [-0.2, 0) is 6.42 Å². The van der Waals surface area contributed by atoms with Gasteiger partial charge in [-0.25, -0.2) is 0 Å². The summed E-state index contributed by atoms with van der Waals surface area (Å²) in [6.07, 6.45) is 3.38. The smallest absolute Gasteiger partial charge is 0.137 e. The Morgan fingerprint density at radius 3 is 2.94 bits per heavy atom. The number of nitrogens with one attached hydrogen (secondary N) is 1. The Morgan fingerprint density at radius 1 is 1.50 bits per heavy atom. The van der Waals surface area contributed by atoms with Crippen LogP contribution in [0.5, 0.6) is 0 Å². The SMILES string of the molecule is Cc1noc(C)c1CCC1NCCC1CN. The van der Waals surface area contributed by atoms with E-state index in [1.165, 1.54) is 12.0 Å². The third-order valence-electron chi connectivity index (χ3n) is 3.68.